The van der Waals surface area contributed by atoms with E-state index in [0.29, 0.717) is 0 Å². The van der Waals surface area contributed by atoms with Gasteiger partial charge in [0, 0.05) is 16.7 Å². The van der Waals surface area contributed by atoms with E-state index < -0.39 is 6.04 Å². The molecule has 3 nitrogen and oxygen atoms in total. The lowest BCUT2D eigenvalue weighted by atomic mass is 10.1. The molecule has 0 aliphatic carbocycles. The molecule has 0 amide bonds. The normalized spacial score (nSPS) is 14.8. The van der Waals surface area contributed by atoms with Gasteiger partial charge in [-0.1, -0.05) is 32.0 Å². The van der Waals surface area contributed by atoms with Gasteiger partial charge >= 0.3 is 0 Å². The van der Waals surface area contributed by atoms with Gasteiger partial charge in [0.25, 0.3) is 0 Å². The van der Waals surface area contributed by atoms with Crippen molar-refractivity contribution >= 4 is 11.8 Å². The SMILES string of the molecule is CC(C)[C@H](Sc1ccccc1)[C@@H](C)[N+](=O)[O-]. The predicted molar refractivity (Wildman–Crippen MR) is 67.4 cm³/mol. The van der Waals surface area contributed by atoms with Crippen molar-refractivity contribution in [2.45, 2.75) is 37.0 Å². The topological polar surface area (TPSA) is 43.1 Å². The van der Waals surface area contributed by atoms with Crippen LogP contribution in [0.25, 0.3) is 0 Å². The van der Waals surface area contributed by atoms with Crippen LogP contribution in [0.15, 0.2) is 35.2 Å². The van der Waals surface area contributed by atoms with Crippen molar-refractivity contribution in [2.75, 3.05) is 0 Å². The number of nitro groups is 1. The Morgan fingerprint density at radius 3 is 2.19 bits per heavy atom. The van der Waals surface area contributed by atoms with Gasteiger partial charge in [-0.15, -0.1) is 11.8 Å². The second-order valence-corrected chi connectivity index (χ2v) is 5.42. The molecule has 88 valence electrons. The van der Waals surface area contributed by atoms with Crippen molar-refractivity contribution in [2.24, 2.45) is 5.92 Å². The monoisotopic (exact) mass is 239 g/mol. The first-order valence-corrected chi connectivity index (χ1v) is 6.25. The lowest BCUT2D eigenvalue weighted by Gasteiger charge is -2.21. The van der Waals surface area contributed by atoms with Gasteiger partial charge in [-0.25, -0.2) is 0 Å². The quantitative estimate of drug-likeness (QED) is 0.449. The Morgan fingerprint density at radius 1 is 1.19 bits per heavy atom. The van der Waals surface area contributed by atoms with Crippen LogP contribution >= 0.6 is 11.8 Å². The molecule has 0 saturated carbocycles. The molecule has 0 aromatic heterocycles. The first kappa shape index (κ1) is 13.0. The highest BCUT2D eigenvalue weighted by molar-refractivity contribution is 8.00. The molecule has 16 heavy (non-hydrogen) atoms. The van der Waals surface area contributed by atoms with E-state index in [1.165, 1.54) is 0 Å². The van der Waals surface area contributed by atoms with Crippen LogP contribution in [0.5, 0.6) is 0 Å². The molecular formula is C12H17NO2S. The fourth-order valence-corrected chi connectivity index (χ4v) is 2.76. The molecule has 0 heterocycles. The summed E-state index contributed by atoms with van der Waals surface area (Å²) in [5.74, 6) is 0.283. The number of hydrogen-bond acceptors (Lipinski definition) is 3. The molecular weight excluding hydrogens is 222 g/mol. The zero-order valence-electron chi connectivity index (χ0n) is 9.79. The molecule has 1 aromatic rings. The van der Waals surface area contributed by atoms with Crippen molar-refractivity contribution in [1.82, 2.24) is 0 Å². The van der Waals surface area contributed by atoms with Crippen LogP contribution in [-0.2, 0) is 0 Å². The summed E-state index contributed by atoms with van der Waals surface area (Å²) in [6, 6.07) is 9.32. The zero-order chi connectivity index (χ0) is 12.1. The highest BCUT2D eigenvalue weighted by atomic mass is 32.2. The van der Waals surface area contributed by atoms with Gasteiger partial charge in [0.1, 0.15) is 0 Å². The first-order valence-electron chi connectivity index (χ1n) is 5.37. The summed E-state index contributed by atoms with van der Waals surface area (Å²) in [7, 11) is 0. The number of benzene rings is 1. The van der Waals surface area contributed by atoms with E-state index in [1.54, 1.807) is 18.7 Å². The molecule has 0 unspecified atom stereocenters. The van der Waals surface area contributed by atoms with Gasteiger partial charge in [-0.2, -0.15) is 0 Å². The summed E-state index contributed by atoms with van der Waals surface area (Å²) < 4.78 is 0. The second-order valence-electron chi connectivity index (χ2n) is 4.17. The Morgan fingerprint density at radius 2 is 1.75 bits per heavy atom. The fourth-order valence-electron chi connectivity index (χ4n) is 1.57. The number of nitrogens with zero attached hydrogens (tertiary/aromatic N) is 1. The van der Waals surface area contributed by atoms with E-state index in [2.05, 4.69) is 0 Å². The number of thioether (sulfide) groups is 1. The summed E-state index contributed by atoms with van der Waals surface area (Å²) in [4.78, 5) is 11.7. The Balaban J connectivity index is 2.77. The van der Waals surface area contributed by atoms with Crippen LogP contribution in [0.1, 0.15) is 20.8 Å². The Kier molecular flexibility index (Phi) is 4.80. The van der Waals surface area contributed by atoms with Gasteiger partial charge < -0.3 is 0 Å². The minimum absolute atomic E-state index is 0.0115. The summed E-state index contributed by atoms with van der Waals surface area (Å²) in [5, 5.41) is 10.8. The van der Waals surface area contributed by atoms with Gasteiger partial charge in [-0.3, -0.25) is 10.1 Å². The highest BCUT2D eigenvalue weighted by Gasteiger charge is 2.30. The smallest absolute Gasteiger partial charge is 0.222 e. The Bertz CT molecular complexity index is 340. The van der Waals surface area contributed by atoms with Crippen molar-refractivity contribution in [3.8, 4) is 0 Å². The average Bonchev–Trinajstić information content (AvgIpc) is 2.26. The lowest BCUT2D eigenvalue weighted by molar-refractivity contribution is -0.518. The van der Waals surface area contributed by atoms with Crippen LogP contribution < -0.4 is 0 Å². The number of hydrogen-bond donors (Lipinski definition) is 0. The molecule has 1 rings (SSSR count). The molecule has 0 saturated heterocycles. The molecule has 0 radical (unpaired) electrons. The third kappa shape index (κ3) is 3.52. The Hall–Kier alpha value is -1.03. The maximum Gasteiger partial charge on any atom is 0.222 e. The molecule has 4 heteroatoms. The van der Waals surface area contributed by atoms with Crippen LogP contribution in [0, 0.1) is 16.0 Å². The van der Waals surface area contributed by atoms with E-state index >= 15 is 0 Å². The highest BCUT2D eigenvalue weighted by Crippen LogP contribution is 2.31. The van der Waals surface area contributed by atoms with E-state index in [9.17, 15) is 10.1 Å². The van der Waals surface area contributed by atoms with E-state index in [1.807, 2.05) is 44.2 Å². The summed E-state index contributed by atoms with van der Waals surface area (Å²) >= 11 is 1.59. The van der Waals surface area contributed by atoms with Crippen LogP contribution in [0.2, 0.25) is 0 Å². The van der Waals surface area contributed by atoms with Gasteiger partial charge in [0.05, 0.1) is 5.25 Å². The first-order chi connectivity index (χ1) is 7.52. The molecule has 0 aliphatic heterocycles. The second kappa shape index (κ2) is 5.89. The summed E-state index contributed by atoms with van der Waals surface area (Å²) in [5.41, 5.74) is 0. The van der Waals surface area contributed by atoms with E-state index in [4.69, 9.17) is 0 Å². The van der Waals surface area contributed by atoms with Crippen LogP contribution in [0.4, 0.5) is 0 Å². The van der Waals surface area contributed by atoms with Crippen molar-refractivity contribution in [3.05, 3.63) is 40.4 Å². The average molecular weight is 239 g/mol. The maximum absolute atomic E-state index is 10.8. The maximum atomic E-state index is 10.8. The van der Waals surface area contributed by atoms with E-state index in [-0.39, 0.29) is 16.1 Å². The third-order valence-electron chi connectivity index (χ3n) is 2.48. The molecule has 0 spiro atoms. The molecule has 2 atom stereocenters. The van der Waals surface area contributed by atoms with Gasteiger partial charge in [-0.05, 0) is 18.1 Å². The molecule has 0 fully saturated rings. The summed E-state index contributed by atoms with van der Waals surface area (Å²) in [6.45, 7) is 5.74. The lowest BCUT2D eigenvalue weighted by Crippen LogP contribution is -2.32. The number of rotatable bonds is 5. The predicted octanol–water partition coefficient (Wildman–Crippen LogP) is 3.47. The molecule has 0 bridgehead atoms. The van der Waals surface area contributed by atoms with Crippen LogP contribution in [-0.4, -0.2) is 16.2 Å². The third-order valence-corrected chi connectivity index (χ3v) is 4.24. The molecule has 1 aromatic carbocycles. The standard InChI is InChI=1S/C12H17NO2S/c1-9(2)12(10(3)13(14)15)16-11-7-5-4-6-8-11/h4-10,12H,1-3H3/t10-,12+/m1/s1. The van der Waals surface area contributed by atoms with Gasteiger partial charge in [0.2, 0.25) is 6.04 Å². The largest absolute Gasteiger partial charge is 0.264 e. The van der Waals surface area contributed by atoms with Crippen molar-refractivity contribution in [3.63, 3.8) is 0 Å². The molecule has 0 aliphatic rings. The fraction of sp³-hybridized carbons (Fsp3) is 0.500. The summed E-state index contributed by atoms with van der Waals surface area (Å²) in [6.07, 6.45) is 0. The van der Waals surface area contributed by atoms with Gasteiger partial charge in [0.15, 0.2) is 0 Å². The molecule has 0 N–H and O–H groups in total. The van der Waals surface area contributed by atoms with E-state index in [0.717, 1.165) is 4.90 Å². The minimum atomic E-state index is -0.523. The van der Waals surface area contributed by atoms with Crippen molar-refractivity contribution in [1.29, 1.82) is 0 Å². The minimum Gasteiger partial charge on any atom is -0.264 e. The zero-order valence-corrected chi connectivity index (χ0v) is 10.6. The Labute approximate surface area is 100 Å². The van der Waals surface area contributed by atoms with Crippen molar-refractivity contribution < 1.29 is 4.92 Å². The van der Waals surface area contributed by atoms with Crippen LogP contribution in [0.3, 0.4) is 0 Å².